The molecule has 0 saturated carbocycles. The van der Waals surface area contributed by atoms with Gasteiger partial charge in [-0.1, -0.05) is 0 Å². The van der Waals surface area contributed by atoms with Crippen LogP contribution in [0.4, 0.5) is 13.2 Å². The molecule has 1 N–H and O–H groups in total. The molecule has 0 aromatic heterocycles. The molecule has 0 aliphatic carbocycles. The van der Waals surface area contributed by atoms with E-state index in [0.717, 1.165) is 6.08 Å². The predicted octanol–water partition coefficient (Wildman–Crippen LogP) is 0.220. The summed E-state index contributed by atoms with van der Waals surface area (Å²) in [6, 6.07) is 0. The maximum Gasteiger partial charge on any atom is 0.523 e. The number of rotatable bonds is 3. The number of alkyl halides is 3. The Labute approximate surface area is 87.4 Å². The highest BCUT2D eigenvalue weighted by Gasteiger charge is 2.50. The average molecular weight is 262 g/mol. The van der Waals surface area contributed by atoms with E-state index < -0.39 is 33.5 Å². The molecule has 1 atom stereocenters. The first-order valence-corrected chi connectivity index (χ1v) is 5.10. The smallest absolute Gasteiger partial charge is 0.478 e. The average Bonchev–Trinajstić information content (AvgIpc) is 2.49. The molecular formula is C6H5F3O6S. The van der Waals surface area contributed by atoms with Crippen molar-refractivity contribution in [2.45, 2.75) is 11.8 Å². The number of aliphatic carboxylic acids is 1. The van der Waals surface area contributed by atoms with Crippen molar-refractivity contribution in [2.75, 3.05) is 6.61 Å². The molecule has 1 aliphatic rings. The number of carbonyl (C=O) groups is 1. The van der Waals surface area contributed by atoms with Gasteiger partial charge in [-0.2, -0.15) is 21.6 Å². The monoisotopic (exact) mass is 262 g/mol. The van der Waals surface area contributed by atoms with Crippen LogP contribution in [-0.4, -0.2) is 37.9 Å². The third kappa shape index (κ3) is 2.51. The molecule has 16 heavy (non-hydrogen) atoms. The molecule has 1 aliphatic heterocycles. The molecule has 92 valence electrons. The second kappa shape index (κ2) is 4.03. The molecule has 0 aromatic carbocycles. The van der Waals surface area contributed by atoms with Gasteiger partial charge in [0.2, 0.25) is 6.29 Å². The van der Waals surface area contributed by atoms with Gasteiger partial charge in [0.05, 0.1) is 12.2 Å². The zero-order valence-electron chi connectivity index (χ0n) is 7.39. The van der Waals surface area contributed by atoms with Crippen LogP contribution in [-0.2, 0) is 23.8 Å². The summed E-state index contributed by atoms with van der Waals surface area (Å²) in [5.74, 6) is -1.61. The molecule has 1 unspecified atom stereocenters. The van der Waals surface area contributed by atoms with Crippen molar-refractivity contribution >= 4 is 16.1 Å². The molecule has 0 amide bonds. The number of hydrogen-bond donors (Lipinski definition) is 1. The second-order valence-electron chi connectivity index (χ2n) is 2.63. The van der Waals surface area contributed by atoms with Crippen LogP contribution in [0, 0.1) is 0 Å². The van der Waals surface area contributed by atoms with E-state index in [9.17, 15) is 26.4 Å². The van der Waals surface area contributed by atoms with Gasteiger partial charge in [0.1, 0.15) is 0 Å². The molecule has 0 bridgehead atoms. The van der Waals surface area contributed by atoms with Crippen LogP contribution < -0.4 is 0 Å². The predicted molar refractivity (Wildman–Crippen MR) is 41.5 cm³/mol. The first-order valence-electron chi connectivity index (χ1n) is 3.69. The second-order valence-corrected chi connectivity index (χ2v) is 4.19. The number of ether oxygens (including phenoxy) is 1. The Morgan fingerprint density at radius 1 is 1.56 bits per heavy atom. The van der Waals surface area contributed by atoms with E-state index in [1.54, 1.807) is 0 Å². The van der Waals surface area contributed by atoms with E-state index >= 15 is 0 Å². The zero-order chi connectivity index (χ0) is 12.6. The minimum absolute atomic E-state index is 0.334. The van der Waals surface area contributed by atoms with Crippen LogP contribution in [0.3, 0.4) is 0 Å². The standard InChI is InChI=1S/C6H5F3O6S/c7-6(8,9)16(12,13)15-5-3(4(10)11)1-2-14-5/h1,5H,2H2,(H,10,11). The quantitative estimate of drug-likeness (QED) is 0.578. The van der Waals surface area contributed by atoms with Crippen molar-refractivity contribution in [2.24, 2.45) is 0 Å². The molecule has 10 heteroatoms. The van der Waals surface area contributed by atoms with Gasteiger partial charge in [-0.05, 0) is 6.08 Å². The molecule has 0 spiro atoms. The lowest BCUT2D eigenvalue weighted by molar-refractivity contribution is -0.136. The van der Waals surface area contributed by atoms with Gasteiger partial charge < -0.3 is 9.84 Å². The van der Waals surface area contributed by atoms with Crippen LogP contribution in [0.1, 0.15) is 0 Å². The Balaban J connectivity index is 2.85. The molecular weight excluding hydrogens is 257 g/mol. The van der Waals surface area contributed by atoms with Crippen molar-refractivity contribution in [1.29, 1.82) is 0 Å². The highest BCUT2D eigenvalue weighted by atomic mass is 32.2. The zero-order valence-corrected chi connectivity index (χ0v) is 8.21. The Kier molecular flexibility index (Phi) is 3.26. The molecule has 0 saturated heterocycles. The van der Waals surface area contributed by atoms with Crippen molar-refractivity contribution in [1.82, 2.24) is 0 Å². The van der Waals surface area contributed by atoms with Gasteiger partial charge >= 0.3 is 21.6 Å². The lowest BCUT2D eigenvalue weighted by atomic mass is 10.3. The highest BCUT2D eigenvalue weighted by molar-refractivity contribution is 7.87. The fourth-order valence-corrected chi connectivity index (χ4v) is 1.35. The van der Waals surface area contributed by atoms with Gasteiger partial charge in [0.25, 0.3) is 0 Å². The van der Waals surface area contributed by atoms with E-state index in [2.05, 4.69) is 8.92 Å². The summed E-state index contributed by atoms with van der Waals surface area (Å²) < 4.78 is 64.7. The van der Waals surface area contributed by atoms with Crippen LogP contribution in [0.2, 0.25) is 0 Å². The number of carboxylic acids is 1. The Bertz CT molecular complexity index is 422. The van der Waals surface area contributed by atoms with E-state index in [1.165, 1.54) is 0 Å². The first-order chi connectivity index (χ1) is 7.15. The Hall–Kier alpha value is -1.13. The molecule has 0 radical (unpaired) electrons. The largest absolute Gasteiger partial charge is 0.523 e. The van der Waals surface area contributed by atoms with Crippen LogP contribution >= 0.6 is 0 Å². The topological polar surface area (TPSA) is 89.9 Å². The fourth-order valence-electron chi connectivity index (χ4n) is 0.849. The van der Waals surface area contributed by atoms with Crippen molar-refractivity contribution in [3.8, 4) is 0 Å². The summed E-state index contributed by atoms with van der Waals surface area (Å²) in [7, 11) is -5.88. The van der Waals surface area contributed by atoms with Crippen LogP contribution in [0.25, 0.3) is 0 Å². The van der Waals surface area contributed by atoms with Crippen LogP contribution in [0.5, 0.6) is 0 Å². The van der Waals surface area contributed by atoms with Crippen molar-refractivity contribution in [3.63, 3.8) is 0 Å². The van der Waals surface area contributed by atoms with Gasteiger partial charge in [-0.25, -0.2) is 8.98 Å². The summed E-state index contributed by atoms with van der Waals surface area (Å²) in [6.45, 7) is -0.334. The number of hydrogen-bond acceptors (Lipinski definition) is 5. The minimum atomic E-state index is -5.88. The van der Waals surface area contributed by atoms with Crippen LogP contribution in [0.15, 0.2) is 11.6 Å². The van der Waals surface area contributed by atoms with E-state index in [-0.39, 0.29) is 6.61 Å². The summed E-state index contributed by atoms with van der Waals surface area (Å²) in [6.07, 6.45) is -1.15. The molecule has 1 rings (SSSR count). The van der Waals surface area contributed by atoms with Gasteiger partial charge in [-0.15, -0.1) is 0 Å². The maximum absolute atomic E-state index is 11.9. The Morgan fingerprint density at radius 2 is 2.12 bits per heavy atom. The third-order valence-corrected chi connectivity index (χ3v) is 2.54. The first kappa shape index (κ1) is 12.9. The molecule has 6 nitrogen and oxygen atoms in total. The normalized spacial score (nSPS) is 21.9. The van der Waals surface area contributed by atoms with Gasteiger partial charge in [-0.3, -0.25) is 0 Å². The fraction of sp³-hybridized carbons (Fsp3) is 0.500. The number of carboxylic acid groups (broad SMARTS) is 1. The third-order valence-electron chi connectivity index (χ3n) is 1.55. The molecule has 1 heterocycles. The van der Waals surface area contributed by atoms with Gasteiger partial charge in [0, 0.05) is 0 Å². The highest BCUT2D eigenvalue weighted by Crippen LogP contribution is 2.28. The maximum atomic E-state index is 11.9. The van der Waals surface area contributed by atoms with Gasteiger partial charge in [0.15, 0.2) is 0 Å². The lowest BCUT2D eigenvalue weighted by Crippen LogP contribution is -2.32. The van der Waals surface area contributed by atoms with E-state index in [1.807, 2.05) is 0 Å². The SMILES string of the molecule is O=C(O)C1=CCOC1OS(=O)(=O)C(F)(F)F. The lowest BCUT2D eigenvalue weighted by Gasteiger charge is -2.14. The van der Waals surface area contributed by atoms with E-state index in [0.29, 0.717) is 0 Å². The Morgan fingerprint density at radius 3 is 2.56 bits per heavy atom. The van der Waals surface area contributed by atoms with E-state index in [4.69, 9.17) is 5.11 Å². The minimum Gasteiger partial charge on any atom is -0.478 e. The number of halogens is 3. The molecule has 0 aromatic rings. The summed E-state index contributed by atoms with van der Waals surface area (Å²) in [5.41, 5.74) is -6.31. The summed E-state index contributed by atoms with van der Waals surface area (Å²) >= 11 is 0. The van der Waals surface area contributed by atoms with Crippen molar-refractivity contribution in [3.05, 3.63) is 11.6 Å². The van der Waals surface area contributed by atoms with Crippen molar-refractivity contribution < 1.29 is 40.4 Å². The molecule has 0 fully saturated rings. The summed E-state index contributed by atoms with van der Waals surface area (Å²) in [4.78, 5) is 10.4. The summed E-state index contributed by atoms with van der Waals surface area (Å²) in [5, 5.41) is 8.48.